The second-order valence-electron chi connectivity index (χ2n) is 5.31. The zero-order valence-corrected chi connectivity index (χ0v) is 12.5. The molecular weight excluding hydrogens is 278 g/mol. The van der Waals surface area contributed by atoms with E-state index in [1.54, 1.807) is 6.92 Å². The molecule has 0 fully saturated rings. The molecule has 0 aromatic heterocycles. The van der Waals surface area contributed by atoms with Crippen molar-refractivity contribution in [2.24, 2.45) is 0 Å². The number of amides is 1. The summed E-state index contributed by atoms with van der Waals surface area (Å²) in [4.78, 5) is 12.3. The molecule has 0 saturated heterocycles. The minimum Gasteiger partial charge on any atom is -0.493 e. The summed E-state index contributed by atoms with van der Waals surface area (Å²) in [6.45, 7) is 2.36. The molecule has 1 heterocycles. The van der Waals surface area contributed by atoms with Crippen LogP contribution in [0.3, 0.4) is 0 Å². The normalized spacial score (nSPS) is 17.8. The molecule has 3 rings (SSSR count). The predicted octanol–water partition coefficient (Wildman–Crippen LogP) is 3.09. The van der Waals surface area contributed by atoms with Crippen molar-refractivity contribution >= 4 is 5.91 Å². The molecule has 1 aliphatic rings. The number of carbonyl (C=O) groups excluding carboxylic acids is 1. The van der Waals surface area contributed by atoms with Gasteiger partial charge in [-0.1, -0.05) is 36.4 Å². The van der Waals surface area contributed by atoms with Crippen molar-refractivity contribution < 1.29 is 14.3 Å². The average Bonchev–Trinajstić information content (AvgIpc) is 2.56. The minimum absolute atomic E-state index is 0.0285. The Kier molecular flexibility index (Phi) is 4.28. The maximum atomic E-state index is 12.3. The smallest absolute Gasteiger partial charge is 0.261 e. The monoisotopic (exact) mass is 297 g/mol. The molecule has 1 N–H and O–H groups in total. The molecule has 2 aromatic rings. The van der Waals surface area contributed by atoms with Crippen molar-refractivity contribution in [1.29, 1.82) is 0 Å². The number of rotatable bonds is 4. The van der Waals surface area contributed by atoms with Crippen LogP contribution in [-0.4, -0.2) is 18.6 Å². The van der Waals surface area contributed by atoms with E-state index in [9.17, 15) is 4.79 Å². The zero-order chi connectivity index (χ0) is 15.4. The van der Waals surface area contributed by atoms with Crippen molar-refractivity contribution in [3.63, 3.8) is 0 Å². The van der Waals surface area contributed by atoms with Gasteiger partial charge in [0.1, 0.15) is 11.5 Å². The van der Waals surface area contributed by atoms with Gasteiger partial charge in [-0.2, -0.15) is 0 Å². The summed E-state index contributed by atoms with van der Waals surface area (Å²) >= 11 is 0. The van der Waals surface area contributed by atoms with E-state index in [-0.39, 0.29) is 11.9 Å². The Bertz CT molecular complexity index is 642. The Morgan fingerprint density at radius 2 is 1.91 bits per heavy atom. The summed E-state index contributed by atoms with van der Waals surface area (Å²) in [5, 5.41) is 3.05. The maximum Gasteiger partial charge on any atom is 0.261 e. The van der Waals surface area contributed by atoms with E-state index >= 15 is 0 Å². The highest BCUT2D eigenvalue weighted by Gasteiger charge is 2.25. The molecule has 4 heteroatoms. The Labute approximate surface area is 130 Å². The number of ether oxygens (including phenoxy) is 2. The van der Waals surface area contributed by atoms with Gasteiger partial charge in [-0.25, -0.2) is 0 Å². The van der Waals surface area contributed by atoms with Crippen LogP contribution in [0.4, 0.5) is 0 Å². The molecule has 4 nitrogen and oxygen atoms in total. The van der Waals surface area contributed by atoms with Gasteiger partial charge in [0, 0.05) is 12.0 Å². The van der Waals surface area contributed by atoms with Crippen molar-refractivity contribution in [3.05, 3.63) is 60.2 Å². The summed E-state index contributed by atoms with van der Waals surface area (Å²) in [6.07, 6.45) is 0.221. The van der Waals surface area contributed by atoms with E-state index < -0.39 is 6.10 Å². The van der Waals surface area contributed by atoms with Crippen molar-refractivity contribution in [3.8, 4) is 11.5 Å². The second kappa shape index (κ2) is 6.52. The standard InChI is InChI=1S/C18H19NO3/c1-13(22-14-7-3-2-4-8-14)18(20)19-16-11-12-21-17-10-6-5-9-15(16)17/h2-10,13,16H,11-12H2,1H3,(H,19,20)/t13-,16+/m0/s1. The van der Waals surface area contributed by atoms with Crippen molar-refractivity contribution in [2.75, 3.05) is 6.61 Å². The molecular formula is C18H19NO3. The molecule has 22 heavy (non-hydrogen) atoms. The van der Waals surface area contributed by atoms with Crippen LogP contribution in [0.1, 0.15) is 24.9 Å². The van der Waals surface area contributed by atoms with Crippen LogP contribution in [0.15, 0.2) is 54.6 Å². The van der Waals surface area contributed by atoms with Gasteiger partial charge in [0.15, 0.2) is 6.10 Å². The molecule has 1 aliphatic heterocycles. The number of hydrogen-bond donors (Lipinski definition) is 1. The molecule has 114 valence electrons. The summed E-state index contributed by atoms with van der Waals surface area (Å²) in [5.41, 5.74) is 1.02. The number of hydrogen-bond acceptors (Lipinski definition) is 3. The first-order valence-electron chi connectivity index (χ1n) is 7.48. The van der Waals surface area contributed by atoms with Crippen LogP contribution in [0.25, 0.3) is 0 Å². The Morgan fingerprint density at radius 1 is 1.18 bits per heavy atom. The van der Waals surface area contributed by atoms with Crippen LogP contribution in [-0.2, 0) is 4.79 Å². The van der Waals surface area contributed by atoms with Crippen molar-refractivity contribution in [1.82, 2.24) is 5.32 Å². The lowest BCUT2D eigenvalue weighted by Crippen LogP contribution is -2.40. The second-order valence-corrected chi connectivity index (χ2v) is 5.31. The summed E-state index contributed by atoms with van der Waals surface area (Å²) in [5.74, 6) is 1.42. The van der Waals surface area contributed by atoms with Crippen LogP contribution in [0, 0.1) is 0 Å². The van der Waals surface area contributed by atoms with Gasteiger partial charge in [0.2, 0.25) is 0 Å². The molecule has 0 radical (unpaired) electrons. The molecule has 2 atom stereocenters. The molecule has 2 aromatic carbocycles. The molecule has 1 amide bonds. The molecule has 0 unspecified atom stereocenters. The lowest BCUT2D eigenvalue weighted by molar-refractivity contribution is -0.128. The summed E-state index contributed by atoms with van der Waals surface area (Å²) in [7, 11) is 0. The molecule has 0 saturated carbocycles. The zero-order valence-electron chi connectivity index (χ0n) is 12.5. The highest BCUT2D eigenvalue weighted by atomic mass is 16.5. The largest absolute Gasteiger partial charge is 0.493 e. The molecule has 0 bridgehead atoms. The van der Waals surface area contributed by atoms with Gasteiger partial charge in [-0.05, 0) is 25.1 Å². The highest BCUT2D eigenvalue weighted by molar-refractivity contribution is 5.81. The van der Waals surface area contributed by atoms with Crippen LogP contribution < -0.4 is 14.8 Å². The van der Waals surface area contributed by atoms with E-state index in [0.29, 0.717) is 12.4 Å². The Morgan fingerprint density at radius 3 is 2.73 bits per heavy atom. The fraction of sp³-hybridized carbons (Fsp3) is 0.278. The third-order valence-corrected chi connectivity index (χ3v) is 3.70. The maximum absolute atomic E-state index is 12.3. The first kappa shape index (κ1) is 14.4. The van der Waals surface area contributed by atoms with E-state index in [4.69, 9.17) is 9.47 Å². The first-order chi connectivity index (χ1) is 10.7. The SMILES string of the molecule is C[C@H](Oc1ccccc1)C(=O)N[C@@H]1CCOc2ccccc21. The van der Waals surface area contributed by atoms with E-state index in [2.05, 4.69) is 5.32 Å². The van der Waals surface area contributed by atoms with Gasteiger partial charge < -0.3 is 14.8 Å². The van der Waals surface area contributed by atoms with Crippen LogP contribution >= 0.6 is 0 Å². The third kappa shape index (κ3) is 3.22. The molecule has 0 spiro atoms. The van der Waals surface area contributed by atoms with Gasteiger partial charge in [-0.3, -0.25) is 4.79 Å². The highest BCUT2D eigenvalue weighted by Crippen LogP contribution is 2.31. The Balaban J connectivity index is 1.65. The van der Waals surface area contributed by atoms with Crippen LogP contribution in [0.2, 0.25) is 0 Å². The quantitative estimate of drug-likeness (QED) is 0.943. The predicted molar refractivity (Wildman–Crippen MR) is 84.0 cm³/mol. The number of benzene rings is 2. The van der Waals surface area contributed by atoms with Gasteiger partial charge in [0.25, 0.3) is 5.91 Å². The number of fused-ring (bicyclic) bond motifs is 1. The fourth-order valence-corrected chi connectivity index (χ4v) is 2.54. The van der Waals surface area contributed by atoms with Gasteiger partial charge in [-0.15, -0.1) is 0 Å². The van der Waals surface area contributed by atoms with Gasteiger partial charge >= 0.3 is 0 Å². The van der Waals surface area contributed by atoms with E-state index in [0.717, 1.165) is 17.7 Å². The number of para-hydroxylation sites is 2. The fourth-order valence-electron chi connectivity index (χ4n) is 2.54. The van der Waals surface area contributed by atoms with E-state index in [1.807, 2.05) is 54.6 Å². The van der Waals surface area contributed by atoms with Gasteiger partial charge in [0.05, 0.1) is 12.6 Å². The Hall–Kier alpha value is -2.49. The lowest BCUT2D eigenvalue weighted by atomic mass is 10.0. The molecule has 0 aliphatic carbocycles. The average molecular weight is 297 g/mol. The first-order valence-corrected chi connectivity index (χ1v) is 7.48. The number of nitrogens with one attached hydrogen (secondary N) is 1. The lowest BCUT2D eigenvalue weighted by Gasteiger charge is -2.27. The van der Waals surface area contributed by atoms with E-state index in [1.165, 1.54) is 0 Å². The summed E-state index contributed by atoms with van der Waals surface area (Å²) < 4.78 is 11.3. The minimum atomic E-state index is -0.544. The van der Waals surface area contributed by atoms with Crippen molar-refractivity contribution in [2.45, 2.75) is 25.5 Å². The third-order valence-electron chi connectivity index (χ3n) is 3.70. The summed E-state index contributed by atoms with van der Waals surface area (Å²) in [6, 6.07) is 17.1. The number of carbonyl (C=O) groups is 1. The van der Waals surface area contributed by atoms with Crippen LogP contribution in [0.5, 0.6) is 11.5 Å². The topological polar surface area (TPSA) is 47.6 Å².